The van der Waals surface area contributed by atoms with Crippen molar-refractivity contribution in [2.45, 2.75) is 13.3 Å². The fraction of sp³-hybridized carbons (Fsp3) is 0.143. The van der Waals surface area contributed by atoms with Crippen LogP contribution in [-0.2, 0) is 6.42 Å². The molecule has 0 aliphatic heterocycles. The van der Waals surface area contributed by atoms with Gasteiger partial charge in [0.1, 0.15) is 11.6 Å². The van der Waals surface area contributed by atoms with Crippen molar-refractivity contribution in [3.05, 3.63) is 52.6 Å². The Morgan fingerprint density at radius 1 is 1.42 bits per heavy atom. The van der Waals surface area contributed by atoms with E-state index in [1.807, 2.05) is 6.92 Å². The quantitative estimate of drug-likeness (QED) is 0.866. The molecule has 0 spiro atoms. The zero-order valence-electron chi connectivity index (χ0n) is 10.3. The van der Waals surface area contributed by atoms with Gasteiger partial charge in [-0.05, 0) is 30.7 Å². The van der Waals surface area contributed by atoms with Crippen LogP contribution in [0.3, 0.4) is 0 Å². The number of pyridine rings is 1. The minimum atomic E-state index is -0.486. The van der Waals surface area contributed by atoms with Crippen LogP contribution in [0, 0.1) is 5.82 Å². The predicted molar refractivity (Wildman–Crippen MR) is 73.9 cm³/mol. The molecule has 0 bridgehead atoms. The van der Waals surface area contributed by atoms with Gasteiger partial charge >= 0.3 is 0 Å². The average molecular weight is 279 g/mol. The van der Waals surface area contributed by atoms with E-state index in [9.17, 15) is 9.50 Å². The van der Waals surface area contributed by atoms with E-state index in [-0.39, 0.29) is 10.8 Å². The molecular weight excluding hydrogens is 267 g/mol. The second kappa shape index (κ2) is 5.80. The van der Waals surface area contributed by atoms with Crippen molar-refractivity contribution in [2.75, 3.05) is 0 Å². The number of aryl methyl sites for hydroxylation is 1. The first kappa shape index (κ1) is 13.5. The highest BCUT2D eigenvalue weighted by Gasteiger charge is 2.05. The number of aromatic nitrogens is 1. The molecule has 19 heavy (non-hydrogen) atoms. The Kier molecular flexibility index (Phi) is 4.12. The highest BCUT2D eigenvalue weighted by molar-refractivity contribution is 6.31. The third kappa shape index (κ3) is 3.09. The Labute approximate surface area is 115 Å². The van der Waals surface area contributed by atoms with Crippen molar-refractivity contribution >= 4 is 23.5 Å². The van der Waals surface area contributed by atoms with Crippen molar-refractivity contribution in [3.8, 4) is 5.75 Å². The van der Waals surface area contributed by atoms with E-state index in [0.29, 0.717) is 23.4 Å². The van der Waals surface area contributed by atoms with Crippen LogP contribution in [-0.4, -0.2) is 16.3 Å². The number of aliphatic imine (C=N–C) groups is 1. The summed E-state index contributed by atoms with van der Waals surface area (Å²) in [6.45, 7) is 1.91. The number of hydrogen-bond acceptors (Lipinski definition) is 3. The molecule has 3 nitrogen and oxygen atoms in total. The summed E-state index contributed by atoms with van der Waals surface area (Å²) in [5, 5.41) is 9.94. The van der Waals surface area contributed by atoms with Crippen LogP contribution in [0.2, 0.25) is 5.02 Å². The first-order chi connectivity index (χ1) is 9.11. The molecule has 1 aromatic carbocycles. The van der Waals surface area contributed by atoms with Gasteiger partial charge in [-0.25, -0.2) is 4.39 Å². The molecule has 2 aromatic rings. The van der Waals surface area contributed by atoms with Crippen LogP contribution in [0.25, 0.3) is 0 Å². The zero-order valence-corrected chi connectivity index (χ0v) is 11.0. The fourth-order valence-electron chi connectivity index (χ4n) is 1.59. The standard InChI is InChI=1S/C14H12ClFN2O/c1-2-13-14(19)9(5-6-17-13)8-18-10-3-4-12(16)11(15)7-10/h3-8,19H,2H2,1H3/b18-8+. The Bertz CT molecular complexity index is 629. The van der Waals surface area contributed by atoms with E-state index in [4.69, 9.17) is 11.6 Å². The lowest BCUT2D eigenvalue weighted by molar-refractivity contribution is 0.464. The van der Waals surface area contributed by atoms with Crippen molar-refractivity contribution in [2.24, 2.45) is 4.99 Å². The summed E-state index contributed by atoms with van der Waals surface area (Å²) in [6, 6.07) is 5.84. The zero-order chi connectivity index (χ0) is 13.8. The van der Waals surface area contributed by atoms with Crippen molar-refractivity contribution in [1.29, 1.82) is 0 Å². The fourth-order valence-corrected chi connectivity index (χ4v) is 1.76. The molecule has 0 radical (unpaired) electrons. The molecule has 0 aliphatic rings. The molecule has 0 unspecified atom stereocenters. The van der Waals surface area contributed by atoms with Crippen molar-refractivity contribution in [1.82, 2.24) is 4.98 Å². The summed E-state index contributed by atoms with van der Waals surface area (Å²) in [5.41, 5.74) is 1.69. The highest BCUT2D eigenvalue weighted by atomic mass is 35.5. The van der Waals surface area contributed by atoms with Gasteiger partial charge < -0.3 is 5.11 Å². The van der Waals surface area contributed by atoms with Crippen LogP contribution in [0.5, 0.6) is 5.75 Å². The van der Waals surface area contributed by atoms with Crippen LogP contribution < -0.4 is 0 Å². The summed E-state index contributed by atoms with van der Waals surface area (Å²) < 4.78 is 13.0. The van der Waals surface area contributed by atoms with Gasteiger partial charge in [-0.15, -0.1) is 0 Å². The van der Waals surface area contributed by atoms with E-state index in [0.717, 1.165) is 0 Å². The molecule has 0 fully saturated rings. The monoisotopic (exact) mass is 278 g/mol. The third-order valence-electron chi connectivity index (χ3n) is 2.62. The molecule has 0 saturated heterocycles. The molecule has 0 atom stereocenters. The number of hydrogen-bond donors (Lipinski definition) is 1. The van der Waals surface area contributed by atoms with Gasteiger partial charge in [0.15, 0.2) is 0 Å². The number of benzene rings is 1. The van der Waals surface area contributed by atoms with Gasteiger partial charge in [-0.3, -0.25) is 9.98 Å². The molecule has 2 rings (SSSR count). The van der Waals surface area contributed by atoms with Gasteiger partial charge in [0.2, 0.25) is 0 Å². The summed E-state index contributed by atoms with van der Waals surface area (Å²) in [7, 11) is 0. The Morgan fingerprint density at radius 2 is 2.21 bits per heavy atom. The minimum absolute atomic E-state index is 0.0165. The van der Waals surface area contributed by atoms with Crippen LogP contribution >= 0.6 is 11.6 Å². The SMILES string of the molecule is CCc1nccc(/C=N/c2ccc(F)c(Cl)c2)c1O. The second-order valence-electron chi connectivity index (χ2n) is 3.91. The number of halogens is 2. The lowest BCUT2D eigenvalue weighted by Gasteiger charge is -2.03. The molecule has 98 valence electrons. The normalized spacial score (nSPS) is 11.1. The minimum Gasteiger partial charge on any atom is -0.505 e. The van der Waals surface area contributed by atoms with E-state index >= 15 is 0 Å². The van der Waals surface area contributed by atoms with Gasteiger partial charge in [0.05, 0.1) is 16.4 Å². The van der Waals surface area contributed by atoms with E-state index < -0.39 is 5.82 Å². The molecule has 1 N–H and O–H groups in total. The van der Waals surface area contributed by atoms with Gasteiger partial charge in [0.25, 0.3) is 0 Å². The maximum Gasteiger partial charge on any atom is 0.145 e. The topological polar surface area (TPSA) is 45.5 Å². The maximum absolute atomic E-state index is 13.0. The van der Waals surface area contributed by atoms with Crippen LogP contribution in [0.15, 0.2) is 35.5 Å². The van der Waals surface area contributed by atoms with Gasteiger partial charge in [0, 0.05) is 18.0 Å². The first-order valence-corrected chi connectivity index (χ1v) is 6.15. The number of nitrogens with zero attached hydrogens (tertiary/aromatic N) is 2. The van der Waals surface area contributed by atoms with Crippen molar-refractivity contribution in [3.63, 3.8) is 0 Å². The van der Waals surface area contributed by atoms with E-state index in [1.165, 1.54) is 24.4 Å². The highest BCUT2D eigenvalue weighted by Crippen LogP contribution is 2.23. The summed E-state index contributed by atoms with van der Waals surface area (Å²) in [5.74, 6) is -0.373. The Hall–Kier alpha value is -1.94. The molecule has 1 aromatic heterocycles. The van der Waals surface area contributed by atoms with Crippen LogP contribution in [0.4, 0.5) is 10.1 Å². The third-order valence-corrected chi connectivity index (χ3v) is 2.91. The summed E-state index contributed by atoms with van der Waals surface area (Å²) >= 11 is 5.67. The first-order valence-electron chi connectivity index (χ1n) is 5.77. The number of rotatable bonds is 3. The van der Waals surface area contributed by atoms with Gasteiger partial charge in [-0.1, -0.05) is 18.5 Å². The molecule has 0 amide bonds. The average Bonchev–Trinajstić information content (AvgIpc) is 2.41. The lowest BCUT2D eigenvalue weighted by atomic mass is 10.2. The van der Waals surface area contributed by atoms with Gasteiger partial charge in [-0.2, -0.15) is 0 Å². The maximum atomic E-state index is 13.0. The Balaban J connectivity index is 2.30. The largest absolute Gasteiger partial charge is 0.505 e. The smallest absolute Gasteiger partial charge is 0.145 e. The van der Waals surface area contributed by atoms with E-state index in [1.54, 1.807) is 12.3 Å². The predicted octanol–water partition coefficient (Wildman–Crippen LogP) is 3.89. The van der Waals surface area contributed by atoms with Crippen LogP contribution in [0.1, 0.15) is 18.2 Å². The lowest BCUT2D eigenvalue weighted by Crippen LogP contribution is -1.92. The van der Waals surface area contributed by atoms with Crippen molar-refractivity contribution < 1.29 is 9.50 Å². The Morgan fingerprint density at radius 3 is 2.89 bits per heavy atom. The summed E-state index contributed by atoms with van der Waals surface area (Å²) in [4.78, 5) is 8.21. The molecule has 0 saturated carbocycles. The second-order valence-corrected chi connectivity index (χ2v) is 4.31. The number of aromatic hydroxyl groups is 1. The molecule has 1 heterocycles. The van der Waals surface area contributed by atoms with E-state index in [2.05, 4.69) is 9.98 Å². The molecular formula is C14H12ClFN2O. The summed E-state index contributed by atoms with van der Waals surface area (Å²) in [6.07, 6.45) is 3.74. The molecule has 0 aliphatic carbocycles. The molecule has 5 heteroatoms.